The van der Waals surface area contributed by atoms with E-state index in [9.17, 15) is 0 Å². The average molecular weight is 196 g/mol. The SMILES string of the molecule is CNC1(C)C(C)=C(C)N(C(C)C)C1C. The maximum Gasteiger partial charge on any atom is 0.0583 e. The lowest BCUT2D eigenvalue weighted by molar-refractivity contribution is 0.184. The normalized spacial score (nSPS) is 33.4. The molecule has 2 atom stereocenters. The van der Waals surface area contributed by atoms with E-state index in [1.165, 1.54) is 11.3 Å². The molecule has 1 heterocycles. The molecule has 0 amide bonds. The van der Waals surface area contributed by atoms with Gasteiger partial charge in [0, 0.05) is 17.8 Å². The third kappa shape index (κ3) is 1.36. The fourth-order valence-corrected chi connectivity index (χ4v) is 2.68. The Hall–Kier alpha value is -0.500. The van der Waals surface area contributed by atoms with Crippen LogP contribution >= 0.6 is 0 Å². The van der Waals surface area contributed by atoms with Crippen LogP contribution < -0.4 is 5.32 Å². The predicted molar refractivity (Wildman–Crippen MR) is 62.3 cm³/mol. The average Bonchev–Trinajstić information content (AvgIpc) is 2.29. The molecule has 0 fully saturated rings. The van der Waals surface area contributed by atoms with Crippen LogP contribution in [0.1, 0.15) is 41.5 Å². The van der Waals surface area contributed by atoms with Gasteiger partial charge in [0.05, 0.1) is 5.54 Å². The van der Waals surface area contributed by atoms with Crippen molar-refractivity contribution in [2.24, 2.45) is 0 Å². The van der Waals surface area contributed by atoms with Crippen LogP contribution in [0, 0.1) is 0 Å². The Morgan fingerprint density at radius 1 is 1.36 bits per heavy atom. The maximum absolute atomic E-state index is 3.46. The third-order valence-electron chi connectivity index (χ3n) is 4.04. The quantitative estimate of drug-likeness (QED) is 0.729. The summed E-state index contributed by atoms with van der Waals surface area (Å²) in [6.45, 7) is 13.6. The molecule has 0 saturated carbocycles. The number of likely N-dealkylation sites (N-methyl/N-ethyl adjacent to an activating group) is 1. The zero-order valence-corrected chi connectivity index (χ0v) is 10.6. The van der Waals surface area contributed by atoms with Crippen LogP contribution in [0.15, 0.2) is 11.3 Å². The largest absolute Gasteiger partial charge is 0.368 e. The van der Waals surface area contributed by atoms with Crippen molar-refractivity contribution in [2.45, 2.75) is 59.2 Å². The molecule has 1 rings (SSSR count). The highest BCUT2D eigenvalue weighted by Crippen LogP contribution is 2.37. The van der Waals surface area contributed by atoms with Crippen LogP contribution in [0.5, 0.6) is 0 Å². The molecule has 2 nitrogen and oxygen atoms in total. The van der Waals surface area contributed by atoms with Crippen molar-refractivity contribution in [2.75, 3.05) is 7.05 Å². The van der Waals surface area contributed by atoms with Gasteiger partial charge in [-0.25, -0.2) is 0 Å². The van der Waals surface area contributed by atoms with Crippen LogP contribution in [-0.2, 0) is 0 Å². The number of allylic oxidation sites excluding steroid dienone is 1. The van der Waals surface area contributed by atoms with Gasteiger partial charge in [0.1, 0.15) is 0 Å². The molecule has 2 unspecified atom stereocenters. The van der Waals surface area contributed by atoms with E-state index in [2.05, 4.69) is 58.8 Å². The molecule has 14 heavy (non-hydrogen) atoms. The highest BCUT2D eigenvalue weighted by Gasteiger charge is 2.43. The van der Waals surface area contributed by atoms with Gasteiger partial charge < -0.3 is 10.2 Å². The topological polar surface area (TPSA) is 15.3 Å². The second-order valence-electron chi connectivity index (χ2n) is 4.84. The first-order valence-electron chi connectivity index (χ1n) is 5.51. The lowest BCUT2D eigenvalue weighted by Gasteiger charge is -2.38. The van der Waals surface area contributed by atoms with Crippen molar-refractivity contribution in [3.05, 3.63) is 11.3 Å². The minimum atomic E-state index is 0.133. The standard InChI is InChI=1S/C12H24N2/c1-8(2)14-10(4)9(3)12(6,13-7)11(14)5/h8,11,13H,1-7H3. The molecule has 0 spiro atoms. The Kier molecular flexibility index (Phi) is 2.96. The first kappa shape index (κ1) is 11.6. The minimum absolute atomic E-state index is 0.133. The van der Waals surface area contributed by atoms with Crippen LogP contribution in [0.2, 0.25) is 0 Å². The van der Waals surface area contributed by atoms with Crippen molar-refractivity contribution >= 4 is 0 Å². The Morgan fingerprint density at radius 2 is 1.86 bits per heavy atom. The molecule has 2 heteroatoms. The van der Waals surface area contributed by atoms with Gasteiger partial charge in [0.2, 0.25) is 0 Å². The van der Waals surface area contributed by atoms with E-state index in [0.717, 1.165) is 0 Å². The van der Waals surface area contributed by atoms with E-state index in [0.29, 0.717) is 12.1 Å². The van der Waals surface area contributed by atoms with Crippen LogP contribution in [0.3, 0.4) is 0 Å². The van der Waals surface area contributed by atoms with Gasteiger partial charge in [-0.15, -0.1) is 0 Å². The second kappa shape index (κ2) is 3.58. The van der Waals surface area contributed by atoms with Crippen molar-refractivity contribution in [3.63, 3.8) is 0 Å². The minimum Gasteiger partial charge on any atom is -0.368 e. The van der Waals surface area contributed by atoms with E-state index >= 15 is 0 Å². The van der Waals surface area contributed by atoms with E-state index in [1.807, 2.05) is 0 Å². The summed E-state index contributed by atoms with van der Waals surface area (Å²) in [4.78, 5) is 2.51. The first-order chi connectivity index (χ1) is 6.36. The molecule has 0 bridgehead atoms. The molecule has 0 aromatic rings. The summed E-state index contributed by atoms with van der Waals surface area (Å²) in [5, 5.41) is 3.46. The number of rotatable bonds is 2. The lowest BCUT2D eigenvalue weighted by atomic mass is 9.88. The summed E-state index contributed by atoms with van der Waals surface area (Å²) in [5.74, 6) is 0. The summed E-state index contributed by atoms with van der Waals surface area (Å²) < 4.78 is 0. The molecule has 1 aliphatic heterocycles. The molecular weight excluding hydrogens is 172 g/mol. The van der Waals surface area contributed by atoms with Crippen molar-refractivity contribution in [3.8, 4) is 0 Å². The van der Waals surface area contributed by atoms with E-state index < -0.39 is 0 Å². The highest BCUT2D eigenvalue weighted by molar-refractivity contribution is 5.32. The van der Waals surface area contributed by atoms with Gasteiger partial charge in [-0.05, 0) is 54.2 Å². The Bertz CT molecular complexity index is 255. The molecule has 0 saturated heterocycles. The smallest absolute Gasteiger partial charge is 0.0583 e. The molecule has 1 N–H and O–H groups in total. The zero-order chi connectivity index (χ0) is 11.1. The maximum atomic E-state index is 3.46. The number of hydrogen-bond donors (Lipinski definition) is 1. The van der Waals surface area contributed by atoms with Gasteiger partial charge in [-0.3, -0.25) is 0 Å². The molecule has 82 valence electrons. The second-order valence-corrected chi connectivity index (χ2v) is 4.84. The summed E-state index contributed by atoms with van der Waals surface area (Å²) >= 11 is 0. The third-order valence-corrected chi connectivity index (χ3v) is 4.04. The molecule has 0 aromatic heterocycles. The molecule has 0 aromatic carbocycles. The van der Waals surface area contributed by atoms with Gasteiger partial charge >= 0.3 is 0 Å². The molecule has 0 radical (unpaired) electrons. The first-order valence-corrected chi connectivity index (χ1v) is 5.51. The fourth-order valence-electron chi connectivity index (χ4n) is 2.68. The number of hydrogen-bond acceptors (Lipinski definition) is 2. The van der Waals surface area contributed by atoms with Crippen LogP contribution in [-0.4, -0.2) is 29.6 Å². The van der Waals surface area contributed by atoms with Gasteiger partial charge in [-0.1, -0.05) is 0 Å². The van der Waals surface area contributed by atoms with Crippen LogP contribution in [0.4, 0.5) is 0 Å². The summed E-state index contributed by atoms with van der Waals surface area (Å²) in [6, 6.07) is 1.11. The monoisotopic (exact) mass is 196 g/mol. The van der Waals surface area contributed by atoms with Gasteiger partial charge in [-0.2, -0.15) is 0 Å². The Labute approximate surface area is 88.4 Å². The lowest BCUT2D eigenvalue weighted by Crippen LogP contribution is -2.52. The van der Waals surface area contributed by atoms with E-state index in [4.69, 9.17) is 0 Å². The summed E-state index contributed by atoms with van der Waals surface area (Å²) in [5.41, 5.74) is 3.04. The molecular formula is C12H24N2. The fraction of sp³-hybridized carbons (Fsp3) is 0.833. The summed E-state index contributed by atoms with van der Waals surface area (Å²) in [7, 11) is 2.05. The van der Waals surface area contributed by atoms with Crippen molar-refractivity contribution in [1.82, 2.24) is 10.2 Å². The van der Waals surface area contributed by atoms with Crippen LogP contribution in [0.25, 0.3) is 0 Å². The Balaban J connectivity index is 3.10. The molecule has 0 aliphatic carbocycles. The molecule has 1 aliphatic rings. The van der Waals surface area contributed by atoms with E-state index in [-0.39, 0.29) is 5.54 Å². The zero-order valence-electron chi connectivity index (χ0n) is 10.6. The van der Waals surface area contributed by atoms with Gasteiger partial charge in [0.15, 0.2) is 0 Å². The number of nitrogens with zero attached hydrogens (tertiary/aromatic N) is 1. The predicted octanol–water partition coefficient (Wildman–Crippen LogP) is 2.37. The highest BCUT2D eigenvalue weighted by atomic mass is 15.3. The Morgan fingerprint density at radius 3 is 2.07 bits per heavy atom. The van der Waals surface area contributed by atoms with Gasteiger partial charge in [0.25, 0.3) is 0 Å². The van der Waals surface area contributed by atoms with E-state index in [1.54, 1.807) is 0 Å². The number of nitrogens with one attached hydrogen (secondary N) is 1. The van der Waals surface area contributed by atoms with Crippen molar-refractivity contribution in [1.29, 1.82) is 0 Å². The summed E-state index contributed by atoms with van der Waals surface area (Å²) in [6.07, 6.45) is 0. The van der Waals surface area contributed by atoms with Crippen molar-refractivity contribution < 1.29 is 0 Å².